The zero-order valence-electron chi connectivity index (χ0n) is 8.35. The third-order valence-electron chi connectivity index (χ3n) is 1.89. The number of alkyl halides is 6. The van der Waals surface area contributed by atoms with Crippen LogP contribution in [0.25, 0.3) is 0 Å². The van der Waals surface area contributed by atoms with Crippen LogP contribution in [0.15, 0.2) is 30.3 Å². The van der Waals surface area contributed by atoms with E-state index < -0.39 is 23.7 Å². The summed E-state index contributed by atoms with van der Waals surface area (Å²) in [6.07, 6.45) is -5.60. The van der Waals surface area contributed by atoms with Gasteiger partial charge in [-0.2, -0.15) is 22.0 Å². The molecule has 0 aliphatic heterocycles. The standard InChI is InChI=1S/C10H8BrF5O/c11-8(7-4-2-1-3-5-7)17-6-9(12,13)10(14,15)16/h1-5,8H,6H2. The normalized spacial score (nSPS) is 14.7. The fourth-order valence-corrected chi connectivity index (χ4v) is 1.40. The van der Waals surface area contributed by atoms with Gasteiger partial charge in [-0.1, -0.05) is 46.3 Å². The van der Waals surface area contributed by atoms with Gasteiger partial charge in [-0.3, -0.25) is 0 Å². The van der Waals surface area contributed by atoms with Crippen LogP contribution in [0, 0.1) is 0 Å². The van der Waals surface area contributed by atoms with Crippen molar-refractivity contribution >= 4 is 15.9 Å². The molecule has 0 aromatic heterocycles. The van der Waals surface area contributed by atoms with Gasteiger partial charge in [-0.05, 0) is 5.56 Å². The van der Waals surface area contributed by atoms with E-state index in [4.69, 9.17) is 0 Å². The van der Waals surface area contributed by atoms with Crippen LogP contribution in [-0.2, 0) is 4.74 Å². The van der Waals surface area contributed by atoms with Crippen molar-refractivity contribution in [2.45, 2.75) is 17.1 Å². The summed E-state index contributed by atoms with van der Waals surface area (Å²) in [4.78, 5) is 0. The van der Waals surface area contributed by atoms with Crippen molar-refractivity contribution in [2.24, 2.45) is 0 Å². The maximum Gasteiger partial charge on any atom is 0.455 e. The Morgan fingerprint density at radius 2 is 1.59 bits per heavy atom. The van der Waals surface area contributed by atoms with Crippen LogP contribution in [0.2, 0.25) is 0 Å². The first-order valence-electron chi connectivity index (χ1n) is 4.49. The van der Waals surface area contributed by atoms with Crippen LogP contribution in [0.5, 0.6) is 0 Å². The van der Waals surface area contributed by atoms with Crippen LogP contribution in [0.3, 0.4) is 0 Å². The molecule has 1 aromatic rings. The number of benzene rings is 1. The lowest BCUT2D eigenvalue weighted by Crippen LogP contribution is -2.40. The second-order valence-corrected chi connectivity index (χ2v) is 4.07. The Hall–Kier alpha value is -0.690. The summed E-state index contributed by atoms with van der Waals surface area (Å²) in [5, 5.41) is -1.00. The molecule has 0 bridgehead atoms. The van der Waals surface area contributed by atoms with Crippen LogP contribution in [0.4, 0.5) is 22.0 Å². The third kappa shape index (κ3) is 3.92. The minimum absolute atomic E-state index is 0.463. The smallest absolute Gasteiger partial charge is 0.356 e. The first-order valence-corrected chi connectivity index (χ1v) is 5.41. The Balaban J connectivity index is 2.58. The molecule has 1 aromatic carbocycles. The third-order valence-corrected chi connectivity index (χ3v) is 2.68. The Kier molecular flexibility index (Phi) is 4.48. The van der Waals surface area contributed by atoms with Gasteiger partial charge >= 0.3 is 12.1 Å². The van der Waals surface area contributed by atoms with Gasteiger partial charge in [0.2, 0.25) is 0 Å². The molecule has 0 heterocycles. The van der Waals surface area contributed by atoms with Crippen molar-refractivity contribution in [3.05, 3.63) is 35.9 Å². The molecule has 17 heavy (non-hydrogen) atoms. The summed E-state index contributed by atoms with van der Waals surface area (Å²) in [6, 6.07) is 8.02. The summed E-state index contributed by atoms with van der Waals surface area (Å²) >= 11 is 2.88. The first-order chi connectivity index (χ1) is 7.74. The maximum absolute atomic E-state index is 12.5. The lowest BCUT2D eigenvalue weighted by Gasteiger charge is -2.21. The van der Waals surface area contributed by atoms with Gasteiger partial charge in [0.1, 0.15) is 11.6 Å². The molecule has 0 aliphatic carbocycles. The molecule has 0 aliphatic rings. The van der Waals surface area contributed by atoms with Crippen LogP contribution >= 0.6 is 15.9 Å². The lowest BCUT2D eigenvalue weighted by molar-refractivity contribution is -0.297. The average molecular weight is 319 g/mol. The number of hydrogen-bond donors (Lipinski definition) is 0. The summed E-state index contributed by atoms with van der Waals surface area (Å²) in [7, 11) is 0. The first kappa shape index (κ1) is 14.4. The molecule has 96 valence electrons. The molecule has 0 N–H and O–H groups in total. The van der Waals surface area contributed by atoms with E-state index in [0.717, 1.165) is 0 Å². The second kappa shape index (κ2) is 5.30. The number of rotatable bonds is 4. The predicted molar refractivity (Wildman–Crippen MR) is 55.1 cm³/mol. The molecule has 1 rings (SSSR count). The molecule has 0 saturated carbocycles. The minimum Gasteiger partial charge on any atom is -0.356 e. The van der Waals surface area contributed by atoms with E-state index in [0.29, 0.717) is 5.56 Å². The zero-order valence-corrected chi connectivity index (χ0v) is 9.93. The molecule has 0 saturated heterocycles. The van der Waals surface area contributed by atoms with Crippen molar-refractivity contribution in [1.29, 1.82) is 0 Å². The van der Waals surface area contributed by atoms with E-state index in [2.05, 4.69) is 20.7 Å². The van der Waals surface area contributed by atoms with E-state index in [-0.39, 0.29) is 0 Å². The van der Waals surface area contributed by atoms with Crippen molar-refractivity contribution in [3.63, 3.8) is 0 Å². The van der Waals surface area contributed by atoms with Gasteiger partial charge in [-0.15, -0.1) is 0 Å². The number of ether oxygens (including phenoxy) is 1. The van der Waals surface area contributed by atoms with Crippen LogP contribution in [0.1, 0.15) is 10.6 Å². The van der Waals surface area contributed by atoms with Crippen molar-refractivity contribution in [2.75, 3.05) is 6.61 Å². The van der Waals surface area contributed by atoms with E-state index in [1.807, 2.05) is 0 Å². The molecule has 1 atom stereocenters. The fourth-order valence-electron chi connectivity index (χ4n) is 0.960. The van der Waals surface area contributed by atoms with Crippen LogP contribution < -0.4 is 0 Å². The fraction of sp³-hybridized carbons (Fsp3) is 0.400. The summed E-state index contributed by atoms with van der Waals surface area (Å²) < 4.78 is 65.1. The predicted octanol–water partition coefficient (Wildman–Crippen LogP) is 4.29. The quantitative estimate of drug-likeness (QED) is 0.594. The van der Waals surface area contributed by atoms with E-state index >= 15 is 0 Å². The van der Waals surface area contributed by atoms with E-state index in [1.165, 1.54) is 0 Å². The molecule has 0 fully saturated rings. The molecular formula is C10H8BrF5O. The zero-order chi connectivity index (χ0) is 13.1. The van der Waals surface area contributed by atoms with Crippen molar-refractivity contribution in [1.82, 2.24) is 0 Å². The topological polar surface area (TPSA) is 9.23 Å². The maximum atomic E-state index is 12.5. The molecule has 0 amide bonds. The minimum atomic E-state index is -5.60. The van der Waals surface area contributed by atoms with Crippen molar-refractivity contribution < 1.29 is 26.7 Å². The van der Waals surface area contributed by atoms with Gasteiger partial charge in [0.25, 0.3) is 0 Å². The SMILES string of the molecule is FC(F)(F)C(F)(F)COC(Br)c1ccccc1. The highest BCUT2D eigenvalue weighted by atomic mass is 79.9. The van der Waals surface area contributed by atoms with Gasteiger partial charge in [0, 0.05) is 0 Å². The highest BCUT2D eigenvalue weighted by Crippen LogP contribution is 2.37. The number of halogens is 6. The second-order valence-electron chi connectivity index (χ2n) is 3.24. The van der Waals surface area contributed by atoms with Gasteiger partial charge < -0.3 is 4.74 Å². The largest absolute Gasteiger partial charge is 0.455 e. The van der Waals surface area contributed by atoms with Crippen molar-refractivity contribution in [3.8, 4) is 0 Å². The summed E-state index contributed by atoms with van der Waals surface area (Å²) in [6.45, 7) is -1.72. The highest BCUT2D eigenvalue weighted by molar-refractivity contribution is 9.09. The monoisotopic (exact) mass is 318 g/mol. The number of hydrogen-bond acceptors (Lipinski definition) is 1. The van der Waals surface area contributed by atoms with E-state index in [9.17, 15) is 22.0 Å². The highest BCUT2D eigenvalue weighted by Gasteiger charge is 2.57. The molecule has 1 nitrogen and oxygen atoms in total. The lowest BCUT2D eigenvalue weighted by atomic mass is 10.2. The van der Waals surface area contributed by atoms with Gasteiger partial charge in [0.15, 0.2) is 0 Å². The molecule has 1 unspecified atom stereocenters. The molecule has 7 heteroatoms. The Labute approximate surface area is 103 Å². The van der Waals surface area contributed by atoms with E-state index in [1.54, 1.807) is 30.3 Å². The molecular weight excluding hydrogens is 311 g/mol. The summed E-state index contributed by atoms with van der Waals surface area (Å²) in [5.41, 5.74) is 0.463. The Morgan fingerprint density at radius 3 is 2.06 bits per heavy atom. The van der Waals surface area contributed by atoms with Crippen LogP contribution in [-0.4, -0.2) is 18.7 Å². The molecule has 0 radical (unpaired) electrons. The molecule has 0 spiro atoms. The van der Waals surface area contributed by atoms with Gasteiger partial charge in [0.05, 0.1) is 0 Å². The van der Waals surface area contributed by atoms with Gasteiger partial charge in [-0.25, -0.2) is 0 Å². The average Bonchev–Trinajstić information content (AvgIpc) is 2.25. The Morgan fingerprint density at radius 1 is 1.06 bits per heavy atom. The Bertz CT molecular complexity index is 351. The summed E-state index contributed by atoms with van der Waals surface area (Å²) in [5.74, 6) is -4.85.